The Hall–Kier alpha value is -0.940. The SMILES string of the molecule is Nc1ncncn1.O=C(Cl)Cl. The fraction of sp³-hybridized carbons (Fsp3) is 0. The predicted molar refractivity (Wildman–Crippen MR) is 41.3 cm³/mol. The van der Waals surface area contributed by atoms with Crippen LogP contribution in [0.3, 0.4) is 0 Å². The summed E-state index contributed by atoms with van der Waals surface area (Å²) >= 11 is 8.80. The number of anilines is 1. The van der Waals surface area contributed by atoms with E-state index in [1.165, 1.54) is 12.7 Å². The molecule has 60 valence electrons. The molecule has 1 aromatic heterocycles. The third-order valence-electron chi connectivity index (χ3n) is 0.513. The number of hydrogen-bond donors (Lipinski definition) is 1. The second-order valence-electron chi connectivity index (χ2n) is 1.22. The van der Waals surface area contributed by atoms with Crippen LogP contribution < -0.4 is 5.73 Å². The lowest BCUT2D eigenvalue weighted by atomic mass is 11.0. The number of nitrogens with two attached hydrogens (primary N) is 1. The van der Waals surface area contributed by atoms with E-state index in [-0.39, 0.29) is 5.95 Å². The Labute approximate surface area is 72.6 Å². The van der Waals surface area contributed by atoms with Crippen LogP contribution in [0.2, 0.25) is 0 Å². The summed E-state index contributed by atoms with van der Waals surface area (Å²) in [7, 11) is 0. The van der Waals surface area contributed by atoms with Crippen molar-refractivity contribution in [3.05, 3.63) is 12.7 Å². The molecule has 0 aliphatic heterocycles. The first-order valence-electron chi connectivity index (χ1n) is 2.35. The molecule has 0 aromatic carbocycles. The zero-order valence-corrected chi connectivity index (χ0v) is 6.75. The number of hydrogen-bond acceptors (Lipinski definition) is 5. The Kier molecular flexibility index (Phi) is 5.32. The number of nitrogens with zero attached hydrogens (tertiary/aromatic N) is 3. The smallest absolute Gasteiger partial charge is 0.313 e. The third-order valence-corrected chi connectivity index (χ3v) is 0.513. The quantitative estimate of drug-likeness (QED) is 0.625. The largest absolute Gasteiger partial charge is 0.368 e. The molecule has 0 spiro atoms. The fourth-order valence-corrected chi connectivity index (χ4v) is 0.248. The lowest BCUT2D eigenvalue weighted by Gasteiger charge is -1.81. The minimum atomic E-state index is -0.889. The van der Waals surface area contributed by atoms with Crippen molar-refractivity contribution in [3.8, 4) is 0 Å². The molecule has 0 amide bonds. The van der Waals surface area contributed by atoms with E-state index in [2.05, 4.69) is 38.2 Å². The van der Waals surface area contributed by atoms with Crippen molar-refractivity contribution >= 4 is 33.9 Å². The summed E-state index contributed by atoms with van der Waals surface area (Å²) in [6.07, 6.45) is 2.70. The number of halogens is 2. The third kappa shape index (κ3) is 9.06. The van der Waals surface area contributed by atoms with E-state index in [0.717, 1.165) is 0 Å². The zero-order chi connectivity index (χ0) is 8.69. The van der Waals surface area contributed by atoms with Crippen LogP contribution in [-0.2, 0) is 0 Å². The van der Waals surface area contributed by atoms with Gasteiger partial charge in [0.2, 0.25) is 5.95 Å². The van der Waals surface area contributed by atoms with Crippen molar-refractivity contribution in [2.45, 2.75) is 0 Å². The van der Waals surface area contributed by atoms with E-state index in [1.54, 1.807) is 0 Å². The second kappa shape index (κ2) is 5.82. The first-order chi connectivity index (χ1) is 5.13. The van der Waals surface area contributed by atoms with E-state index < -0.39 is 4.70 Å². The molecule has 5 nitrogen and oxygen atoms in total. The standard InChI is InChI=1S/C3H4N4.CCl2O/c4-3-6-1-5-2-7-3;2-1(3)4/h1-2H,(H2,4,5,6,7);. The molecule has 1 rings (SSSR count). The molecule has 0 aliphatic rings. The van der Waals surface area contributed by atoms with Crippen molar-refractivity contribution in [3.63, 3.8) is 0 Å². The van der Waals surface area contributed by atoms with Crippen LogP contribution >= 0.6 is 23.2 Å². The van der Waals surface area contributed by atoms with Gasteiger partial charge in [0.1, 0.15) is 12.7 Å². The molecule has 7 heteroatoms. The van der Waals surface area contributed by atoms with Gasteiger partial charge in [-0.15, -0.1) is 0 Å². The minimum Gasteiger partial charge on any atom is -0.368 e. The summed E-state index contributed by atoms with van der Waals surface area (Å²) in [6.45, 7) is 0. The Morgan fingerprint density at radius 2 is 1.73 bits per heavy atom. The highest BCUT2D eigenvalue weighted by atomic mass is 35.5. The van der Waals surface area contributed by atoms with Gasteiger partial charge in [-0.1, -0.05) is 0 Å². The summed E-state index contributed by atoms with van der Waals surface area (Å²) in [5, 5.41) is 0. The van der Waals surface area contributed by atoms with E-state index in [1.807, 2.05) is 0 Å². The maximum Gasteiger partial charge on any atom is 0.313 e. The van der Waals surface area contributed by atoms with E-state index in [0.29, 0.717) is 0 Å². The summed E-state index contributed by atoms with van der Waals surface area (Å²) in [4.78, 5) is 19.6. The first kappa shape index (κ1) is 10.1. The van der Waals surface area contributed by atoms with Crippen molar-refractivity contribution in [2.75, 3.05) is 5.73 Å². The highest BCUT2D eigenvalue weighted by molar-refractivity contribution is 6.93. The molecule has 0 saturated carbocycles. The average molecular weight is 195 g/mol. The zero-order valence-electron chi connectivity index (χ0n) is 5.24. The molecule has 1 heterocycles. The second-order valence-corrected chi connectivity index (χ2v) is 2.10. The first-order valence-corrected chi connectivity index (χ1v) is 3.11. The fourth-order valence-electron chi connectivity index (χ4n) is 0.248. The Bertz CT molecular complexity index is 213. The Morgan fingerprint density at radius 3 is 1.91 bits per heavy atom. The van der Waals surface area contributed by atoms with Crippen molar-refractivity contribution in [1.29, 1.82) is 0 Å². The van der Waals surface area contributed by atoms with Gasteiger partial charge in [-0.05, 0) is 23.2 Å². The predicted octanol–water partition coefficient (Wildman–Crippen LogP) is 1.04. The van der Waals surface area contributed by atoms with Crippen molar-refractivity contribution in [2.24, 2.45) is 0 Å². The highest BCUT2D eigenvalue weighted by Gasteiger charge is 1.76. The molecular weight excluding hydrogens is 191 g/mol. The number of aromatic nitrogens is 3. The van der Waals surface area contributed by atoms with Crippen LogP contribution in [-0.4, -0.2) is 19.7 Å². The number of carbonyl (C=O) groups is 1. The molecule has 0 aliphatic carbocycles. The monoisotopic (exact) mass is 194 g/mol. The van der Waals surface area contributed by atoms with Crippen molar-refractivity contribution < 1.29 is 4.79 Å². The van der Waals surface area contributed by atoms with Crippen LogP contribution in [0.4, 0.5) is 10.7 Å². The molecular formula is C4H4Cl2N4O. The summed E-state index contributed by atoms with van der Waals surface area (Å²) in [5.41, 5.74) is 5.10. The lowest BCUT2D eigenvalue weighted by molar-refractivity contribution is 0.275. The van der Waals surface area contributed by atoms with E-state index >= 15 is 0 Å². The van der Waals surface area contributed by atoms with Gasteiger partial charge >= 0.3 is 4.70 Å². The van der Waals surface area contributed by atoms with E-state index in [9.17, 15) is 0 Å². The molecule has 0 bridgehead atoms. The van der Waals surface area contributed by atoms with Gasteiger partial charge in [-0.3, -0.25) is 4.79 Å². The molecule has 0 unspecified atom stereocenters. The Morgan fingerprint density at radius 1 is 1.36 bits per heavy atom. The molecule has 1 aromatic rings. The molecule has 0 radical (unpaired) electrons. The number of carbonyl (C=O) groups excluding carboxylic acids is 1. The summed E-state index contributed by atoms with van der Waals surface area (Å²) < 4.78 is -0.889. The van der Waals surface area contributed by atoms with Gasteiger partial charge in [0, 0.05) is 0 Å². The van der Waals surface area contributed by atoms with Crippen LogP contribution in [0, 0.1) is 0 Å². The maximum absolute atomic E-state index is 8.98. The maximum atomic E-state index is 8.98. The molecule has 11 heavy (non-hydrogen) atoms. The van der Waals surface area contributed by atoms with Crippen LogP contribution in [0.15, 0.2) is 12.7 Å². The van der Waals surface area contributed by atoms with Gasteiger partial charge in [0.05, 0.1) is 0 Å². The van der Waals surface area contributed by atoms with Crippen molar-refractivity contribution in [1.82, 2.24) is 15.0 Å². The van der Waals surface area contributed by atoms with Gasteiger partial charge < -0.3 is 5.73 Å². The molecule has 0 saturated heterocycles. The molecule has 0 atom stereocenters. The van der Waals surface area contributed by atoms with Gasteiger partial charge in [-0.25, -0.2) is 15.0 Å². The van der Waals surface area contributed by atoms with Crippen LogP contribution in [0.5, 0.6) is 0 Å². The lowest BCUT2D eigenvalue weighted by Crippen LogP contribution is -1.92. The van der Waals surface area contributed by atoms with E-state index in [4.69, 9.17) is 10.5 Å². The highest BCUT2D eigenvalue weighted by Crippen LogP contribution is 1.84. The van der Waals surface area contributed by atoms with Crippen LogP contribution in [0.1, 0.15) is 0 Å². The topological polar surface area (TPSA) is 81.8 Å². The number of rotatable bonds is 0. The van der Waals surface area contributed by atoms with Crippen LogP contribution in [0.25, 0.3) is 0 Å². The normalized spacial score (nSPS) is 7.82. The molecule has 0 fully saturated rings. The Balaban J connectivity index is 0.000000218. The number of nitrogen functional groups attached to an aromatic ring is 1. The minimum absolute atomic E-state index is 0.259. The van der Waals surface area contributed by atoms with Gasteiger partial charge in [0.15, 0.2) is 0 Å². The summed E-state index contributed by atoms with van der Waals surface area (Å²) in [5.74, 6) is 0.259. The summed E-state index contributed by atoms with van der Waals surface area (Å²) in [6, 6.07) is 0. The molecule has 2 N–H and O–H groups in total. The average Bonchev–Trinajstić information content (AvgIpc) is 1.87. The van der Waals surface area contributed by atoms with Gasteiger partial charge in [0.25, 0.3) is 0 Å². The van der Waals surface area contributed by atoms with Gasteiger partial charge in [-0.2, -0.15) is 0 Å².